The highest BCUT2D eigenvalue weighted by Crippen LogP contribution is 2.37. The summed E-state index contributed by atoms with van der Waals surface area (Å²) in [6.45, 7) is 2.47. The molecular weight excluding hydrogens is 316 g/mol. The quantitative estimate of drug-likeness (QED) is 0.631. The lowest BCUT2D eigenvalue weighted by Gasteiger charge is -2.23. The minimum Gasteiger partial charge on any atom is -0.401 e. The molecule has 0 aliphatic carbocycles. The van der Waals surface area contributed by atoms with Gasteiger partial charge in [0.15, 0.2) is 0 Å². The first-order valence-electron chi connectivity index (χ1n) is 7.46. The number of allylic oxidation sites excluding steroid dienone is 1. The van der Waals surface area contributed by atoms with Crippen LogP contribution in [0.2, 0.25) is 0 Å². The molecule has 3 atom stereocenters. The number of halogens is 1. The van der Waals surface area contributed by atoms with Gasteiger partial charge in [0.05, 0.1) is 17.2 Å². The van der Waals surface area contributed by atoms with Crippen molar-refractivity contribution in [2.45, 2.75) is 31.6 Å². The van der Waals surface area contributed by atoms with Gasteiger partial charge in [-0.15, -0.1) is 0 Å². The van der Waals surface area contributed by atoms with Crippen molar-refractivity contribution in [1.29, 1.82) is 5.41 Å². The number of benzene rings is 1. The molecule has 2 heterocycles. The number of nitrogens with two attached hydrogens (primary N) is 1. The molecule has 1 amide bonds. The van der Waals surface area contributed by atoms with Crippen molar-refractivity contribution < 1.29 is 9.53 Å². The first-order chi connectivity index (χ1) is 11.0. The predicted octanol–water partition coefficient (Wildman–Crippen LogP) is 1.88. The molecule has 2 saturated heterocycles. The number of rotatable bonds is 4. The van der Waals surface area contributed by atoms with Crippen molar-refractivity contribution in [3.63, 3.8) is 0 Å². The Bertz CT molecular complexity index is 667. The van der Waals surface area contributed by atoms with Crippen molar-refractivity contribution in [2.75, 3.05) is 11.9 Å². The fourth-order valence-corrected chi connectivity index (χ4v) is 3.01. The molecule has 0 radical (unpaired) electrons. The molecule has 2 aliphatic rings. The average molecular weight is 335 g/mol. The van der Waals surface area contributed by atoms with Crippen LogP contribution in [-0.2, 0) is 9.53 Å². The summed E-state index contributed by atoms with van der Waals surface area (Å²) in [5.74, 6) is -0.592. The van der Waals surface area contributed by atoms with Crippen LogP contribution in [0.5, 0.6) is 0 Å². The Labute approximate surface area is 139 Å². The van der Waals surface area contributed by atoms with Gasteiger partial charge in [-0.1, -0.05) is 23.7 Å². The van der Waals surface area contributed by atoms with E-state index in [1.165, 1.54) is 0 Å². The van der Waals surface area contributed by atoms with Crippen LogP contribution in [-0.4, -0.2) is 30.3 Å². The van der Waals surface area contributed by atoms with E-state index in [0.717, 1.165) is 18.5 Å². The number of amides is 1. The summed E-state index contributed by atoms with van der Waals surface area (Å²) in [4.78, 5) is 12.0. The predicted molar refractivity (Wildman–Crippen MR) is 89.6 cm³/mol. The van der Waals surface area contributed by atoms with E-state index in [2.05, 4.69) is 10.6 Å². The third-order valence-corrected chi connectivity index (χ3v) is 4.61. The Hall–Kier alpha value is -1.89. The maximum Gasteiger partial charge on any atom is 0.275 e. The number of hydrogen-bond donors (Lipinski definition) is 4. The van der Waals surface area contributed by atoms with Gasteiger partial charge in [0.1, 0.15) is 5.71 Å². The van der Waals surface area contributed by atoms with Gasteiger partial charge in [0.2, 0.25) is 0 Å². The fraction of sp³-hybridized carbons (Fsp3) is 0.375. The van der Waals surface area contributed by atoms with Gasteiger partial charge in [0.25, 0.3) is 5.91 Å². The zero-order chi connectivity index (χ0) is 16.6. The van der Waals surface area contributed by atoms with Crippen LogP contribution in [0.3, 0.4) is 0 Å². The van der Waals surface area contributed by atoms with Crippen LogP contribution < -0.4 is 16.4 Å². The van der Waals surface area contributed by atoms with E-state index < -0.39 is 5.91 Å². The topological polar surface area (TPSA) is 100 Å². The number of hydrogen-bond acceptors (Lipinski definition) is 5. The van der Waals surface area contributed by atoms with E-state index in [4.69, 9.17) is 27.5 Å². The number of carbonyl (C=O) groups excluding carboxylic acids is 1. The van der Waals surface area contributed by atoms with E-state index in [1.807, 2.05) is 12.1 Å². The van der Waals surface area contributed by atoms with Crippen molar-refractivity contribution >= 4 is 28.9 Å². The summed E-state index contributed by atoms with van der Waals surface area (Å²) >= 11 is 5.82. The second kappa shape index (κ2) is 6.31. The van der Waals surface area contributed by atoms with Gasteiger partial charge in [-0.25, -0.2) is 0 Å². The molecular formula is C16H19ClN4O2. The van der Waals surface area contributed by atoms with Crippen molar-refractivity contribution in [3.8, 4) is 0 Å². The Kier molecular flexibility index (Phi) is 4.39. The van der Waals surface area contributed by atoms with Crippen LogP contribution in [0.1, 0.15) is 25.0 Å². The van der Waals surface area contributed by atoms with Crippen molar-refractivity contribution in [1.82, 2.24) is 5.32 Å². The van der Waals surface area contributed by atoms with Gasteiger partial charge < -0.3 is 21.1 Å². The molecule has 1 aromatic rings. The van der Waals surface area contributed by atoms with Gasteiger partial charge in [-0.2, -0.15) is 0 Å². The van der Waals surface area contributed by atoms with Crippen LogP contribution in [0.15, 0.2) is 35.0 Å². The highest BCUT2D eigenvalue weighted by atomic mass is 35.5. The minimum atomic E-state index is -0.592. The number of carbonyl (C=O) groups is 1. The maximum atomic E-state index is 12.0. The Morgan fingerprint density at radius 3 is 2.65 bits per heavy atom. The molecule has 5 N–H and O–H groups in total. The number of nitrogens with one attached hydrogen (secondary N) is 3. The molecule has 2 fully saturated rings. The van der Waals surface area contributed by atoms with Crippen molar-refractivity contribution in [2.24, 2.45) is 5.73 Å². The highest BCUT2D eigenvalue weighted by molar-refractivity contribution is 6.60. The molecule has 7 heteroatoms. The van der Waals surface area contributed by atoms with E-state index >= 15 is 0 Å². The third kappa shape index (κ3) is 3.24. The monoisotopic (exact) mass is 334 g/mol. The summed E-state index contributed by atoms with van der Waals surface area (Å²) in [5, 5.41) is 13.7. The Balaban J connectivity index is 1.65. The summed E-state index contributed by atoms with van der Waals surface area (Å²) in [5.41, 5.74) is 7.06. The Morgan fingerprint density at radius 2 is 2.13 bits per heavy atom. The van der Waals surface area contributed by atoms with Crippen LogP contribution in [0.4, 0.5) is 5.69 Å². The number of fused-ring (bicyclic) bond motifs is 2. The lowest BCUT2D eigenvalue weighted by molar-refractivity contribution is -0.110. The summed E-state index contributed by atoms with van der Waals surface area (Å²) in [6, 6.07) is 7.81. The van der Waals surface area contributed by atoms with Crippen LogP contribution in [0, 0.1) is 5.41 Å². The molecule has 23 heavy (non-hydrogen) atoms. The molecule has 2 aliphatic heterocycles. The summed E-state index contributed by atoms with van der Waals surface area (Å²) in [6.07, 6.45) is 1.41. The van der Waals surface area contributed by atoms with E-state index in [9.17, 15) is 4.79 Å². The normalized spacial score (nSPS) is 26.8. The third-order valence-electron chi connectivity index (χ3n) is 4.12. The van der Waals surface area contributed by atoms with E-state index in [0.29, 0.717) is 17.8 Å². The van der Waals surface area contributed by atoms with Gasteiger partial charge >= 0.3 is 0 Å². The zero-order valence-corrected chi connectivity index (χ0v) is 13.5. The minimum absolute atomic E-state index is 0.0411. The zero-order valence-electron chi connectivity index (χ0n) is 12.7. The lowest BCUT2D eigenvalue weighted by Crippen LogP contribution is -2.34. The maximum absolute atomic E-state index is 12.0. The first kappa shape index (κ1) is 16.0. The largest absolute Gasteiger partial charge is 0.401 e. The van der Waals surface area contributed by atoms with Crippen LogP contribution >= 0.6 is 11.6 Å². The summed E-state index contributed by atoms with van der Waals surface area (Å²) in [7, 11) is 0. The molecule has 2 bridgehead atoms. The molecule has 0 saturated carbocycles. The molecule has 3 rings (SSSR count). The van der Waals surface area contributed by atoms with Gasteiger partial charge in [-0.3, -0.25) is 10.2 Å². The number of anilines is 1. The average Bonchev–Trinajstić information content (AvgIpc) is 3.17. The van der Waals surface area contributed by atoms with Gasteiger partial charge in [0, 0.05) is 24.0 Å². The van der Waals surface area contributed by atoms with Crippen molar-refractivity contribution in [3.05, 3.63) is 40.6 Å². The van der Waals surface area contributed by atoms with E-state index in [1.54, 1.807) is 19.1 Å². The SMILES string of the molecule is CC(N)=C(Cl)C(=N)C(=O)Nc1ccc([C@H]2O[C@@H]3CN[C@H]2C3)cc1. The smallest absolute Gasteiger partial charge is 0.275 e. The number of morpholine rings is 1. The highest BCUT2D eigenvalue weighted by Gasteiger charge is 2.41. The second-order valence-corrected chi connectivity index (χ2v) is 6.26. The molecule has 0 aromatic heterocycles. The Morgan fingerprint density at radius 1 is 1.43 bits per heavy atom. The second-order valence-electron chi connectivity index (χ2n) is 5.88. The van der Waals surface area contributed by atoms with E-state index in [-0.39, 0.29) is 22.5 Å². The molecule has 1 aromatic carbocycles. The lowest BCUT2D eigenvalue weighted by atomic mass is 10.0. The molecule has 0 unspecified atom stereocenters. The first-order valence-corrected chi connectivity index (χ1v) is 7.84. The standard InChI is InChI=1S/C16H19ClN4O2/c1-8(18)13(17)14(19)16(22)21-10-4-2-9(3-5-10)15-12-6-11(23-15)7-20-12/h2-5,11-12,15,19-20H,6-7,18H2,1H3,(H,21,22)/t11-,12-,15+/m0/s1. The number of ether oxygens (including phenoxy) is 1. The van der Waals surface area contributed by atoms with Gasteiger partial charge in [-0.05, 0) is 31.0 Å². The summed E-state index contributed by atoms with van der Waals surface area (Å²) < 4.78 is 5.94. The fourth-order valence-electron chi connectivity index (χ4n) is 2.93. The van der Waals surface area contributed by atoms with Crippen LogP contribution in [0.25, 0.3) is 0 Å². The molecule has 122 valence electrons. The molecule has 0 spiro atoms. The molecule has 6 nitrogen and oxygen atoms in total.